The molecule has 6 heteroatoms. The summed E-state index contributed by atoms with van der Waals surface area (Å²) in [5.74, 6) is -1.65. The van der Waals surface area contributed by atoms with E-state index in [-0.39, 0.29) is 37.4 Å². The normalized spacial score (nSPS) is 10.0. The Morgan fingerprint density at radius 1 is 1.37 bits per heavy atom. The van der Waals surface area contributed by atoms with E-state index in [0.717, 1.165) is 12.1 Å². The van der Waals surface area contributed by atoms with Crippen molar-refractivity contribution in [2.75, 3.05) is 31.7 Å². The van der Waals surface area contributed by atoms with E-state index in [1.54, 1.807) is 0 Å². The number of carbonyl (C=O) groups is 1. The molecule has 4 nitrogen and oxygen atoms in total. The Morgan fingerprint density at radius 2 is 2.00 bits per heavy atom. The number of carbonyl (C=O) groups excluding carboxylic acids is 1. The van der Waals surface area contributed by atoms with Crippen LogP contribution in [-0.2, 0) is 4.74 Å². The molecule has 0 heterocycles. The first-order valence-corrected chi connectivity index (χ1v) is 5.69. The summed E-state index contributed by atoms with van der Waals surface area (Å²) in [5.41, 5.74) is -0.302. The first-order chi connectivity index (χ1) is 9.13. The predicted octanol–water partition coefficient (Wildman–Crippen LogP) is 2.14. The van der Waals surface area contributed by atoms with Gasteiger partial charge in [0.2, 0.25) is 0 Å². The molecule has 0 saturated heterocycles. The number of methoxy groups -OCH3 is 1. The van der Waals surface area contributed by atoms with Gasteiger partial charge in [-0.25, -0.2) is 8.78 Å². The minimum Gasteiger partial charge on any atom is -0.383 e. The summed E-state index contributed by atoms with van der Waals surface area (Å²) in [6.07, 6.45) is 0.517. The smallest absolute Gasteiger partial charge is 0.150 e. The van der Waals surface area contributed by atoms with Crippen molar-refractivity contribution in [3.63, 3.8) is 0 Å². The van der Waals surface area contributed by atoms with Gasteiger partial charge in [0.15, 0.2) is 0 Å². The van der Waals surface area contributed by atoms with Gasteiger partial charge in [-0.15, -0.1) is 0 Å². The Hall–Kier alpha value is -2.00. The highest BCUT2D eigenvalue weighted by Crippen LogP contribution is 2.24. The zero-order valence-corrected chi connectivity index (χ0v) is 10.5. The SMILES string of the molecule is COCCN(CCC#N)c1c(F)cc(C=O)cc1F. The van der Waals surface area contributed by atoms with Crippen molar-refractivity contribution in [2.45, 2.75) is 6.42 Å². The van der Waals surface area contributed by atoms with E-state index >= 15 is 0 Å². The molecule has 0 radical (unpaired) electrons. The number of ether oxygens (including phenoxy) is 1. The maximum absolute atomic E-state index is 13.8. The number of benzene rings is 1. The molecule has 0 bridgehead atoms. The Bertz CT molecular complexity index is 463. The summed E-state index contributed by atoms with van der Waals surface area (Å²) in [6, 6.07) is 3.86. The number of rotatable bonds is 7. The quantitative estimate of drug-likeness (QED) is 0.711. The molecule has 0 N–H and O–H groups in total. The van der Waals surface area contributed by atoms with Gasteiger partial charge in [-0.1, -0.05) is 0 Å². The second-order valence-electron chi connectivity index (χ2n) is 3.84. The number of nitrogens with zero attached hydrogens (tertiary/aromatic N) is 2. The van der Waals surface area contributed by atoms with Crippen LogP contribution in [0.25, 0.3) is 0 Å². The molecule has 0 saturated carbocycles. The van der Waals surface area contributed by atoms with E-state index in [2.05, 4.69) is 0 Å². The molecule has 0 fully saturated rings. The summed E-state index contributed by atoms with van der Waals surface area (Å²) in [6.45, 7) is 0.723. The first-order valence-electron chi connectivity index (χ1n) is 5.69. The van der Waals surface area contributed by atoms with Crippen LogP contribution in [0.5, 0.6) is 0 Å². The summed E-state index contributed by atoms with van der Waals surface area (Å²) in [5, 5.41) is 8.57. The molecule has 0 amide bonds. The molecular weight excluding hydrogens is 254 g/mol. The highest BCUT2D eigenvalue weighted by Gasteiger charge is 2.17. The zero-order valence-electron chi connectivity index (χ0n) is 10.5. The van der Waals surface area contributed by atoms with Gasteiger partial charge < -0.3 is 9.64 Å². The van der Waals surface area contributed by atoms with Crippen LogP contribution in [0.15, 0.2) is 12.1 Å². The number of hydrogen-bond donors (Lipinski definition) is 0. The third-order valence-corrected chi connectivity index (χ3v) is 2.55. The fraction of sp³-hybridized carbons (Fsp3) is 0.385. The second kappa shape index (κ2) is 7.44. The number of halogens is 2. The van der Waals surface area contributed by atoms with Crippen molar-refractivity contribution < 1.29 is 18.3 Å². The zero-order chi connectivity index (χ0) is 14.3. The van der Waals surface area contributed by atoms with Crippen molar-refractivity contribution >= 4 is 12.0 Å². The summed E-state index contributed by atoms with van der Waals surface area (Å²) >= 11 is 0. The molecular formula is C13H14F2N2O2. The molecule has 19 heavy (non-hydrogen) atoms. The standard InChI is InChI=1S/C13H14F2N2O2/c1-19-6-5-17(4-2-3-16)13-11(14)7-10(9-18)8-12(13)15/h7-9H,2,4-6H2,1H3. The van der Waals surface area contributed by atoms with Gasteiger partial charge >= 0.3 is 0 Å². The third kappa shape index (κ3) is 4.00. The number of anilines is 1. The van der Waals surface area contributed by atoms with E-state index in [9.17, 15) is 13.6 Å². The van der Waals surface area contributed by atoms with Gasteiger partial charge in [0.1, 0.15) is 23.6 Å². The monoisotopic (exact) mass is 268 g/mol. The van der Waals surface area contributed by atoms with Crippen molar-refractivity contribution in [3.05, 3.63) is 29.3 Å². The van der Waals surface area contributed by atoms with Gasteiger partial charge in [-0.3, -0.25) is 4.79 Å². The average molecular weight is 268 g/mol. The Labute approximate surface area is 110 Å². The lowest BCUT2D eigenvalue weighted by Gasteiger charge is -2.24. The highest BCUT2D eigenvalue weighted by atomic mass is 19.1. The van der Waals surface area contributed by atoms with Crippen LogP contribution in [0.1, 0.15) is 16.8 Å². The number of aldehydes is 1. The number of hydrogen-bond acceptors (Lipinski definition) is 4. The first kappa shape index (κ1) is 15.1. The van der Waals surface area contributed by atoms with Crippen LogP contribution in [0.2, 0.25) is 0 Å². The molecule has 1 rings (SSSR count). The predicted molar refractivity (Wildman–Crippen MR) is 66.1 cm³/mol. The van der Waals surface area contributed by atoms with Gasteiger partial charge in [0, 0.05) is 25.8 Å². The molecule has 1 aromatic carbocycles. The Balaban J connectivity index is 3.06. The third-order valence-electron chi connectivity index (χ3n) is 2.55. The average Bonchev–Trinajstić information content (AvgIpc) is 2.40. The lowest BCUT2D eigenvalue weighted by molar-refractivity contribution is 0.112. The van der Waals surface area contributed by atoms with Gasteiger partial charge in [-0.2, -0.15) is 5.26 Å². The lowest BCUT2D eigenvalue weighted by Crippen LogP contribution is -2.30. The second-order valence-corrected chi connectivity index (χ2v) is 3.84. The van der Waals surface area contributed by atoms with Crippen LogP contribution < -0.4 is 4.90 Å². The van der Waals surface area contributed by atoms with Gasteiger partial charge in [0.25, 0.3) is 0 Å². The summed E-state index contributed by atoms with van der Waals surface area (Å²) in [4.78, 5) is 11.9. The van der Waals surface area contributed by atoms with Crippen LogP contribution >= 0.6 is 0 Å². The van der Waals surface area contributed by atoms with E-state index in [1.807, 2.05) is 6.07 Å². The molecule has 0 unspecified atom stereocenters. The molecule has 0 aliphatic carbocycles. The van der Waals surface area contributed by atoms with E-state index in [4.69, 9.17) is 10.00 Å². The van der Waals surface area contributed by atoms with Crippen molar-refractivity contribution in [2.24, 2.45) is 0 Å². The van der Waals surface area contributed by atoms with Gasteiger partial charge in [-0.05, 0) is 12.1 Å². The van der Waals surface area contributed by atoms with E-state index in [1.165, 1.54) is 12.0 Å². The maximum atomic E-state index is 13.8. The van der Waals surface area contributed by atoms with E-state index < -0.39 is 11.6 Å². The fourth-order valence-corrected chi connectivity index (χ4v) is 1.68. The van der Waals surface area contributed by atoms with Crippen LogP contribution in [-0.4, -0.2) is 33.1 Å². The minimum atomic E-state index is -0.823. The fourth-order valence-electron chi connectivity index (χ4n) is 1.68. The lowest BCUT2D eigenvalue weighted by atomic mass is 10.1. The van der Waals surface area contributed by atoms with E-state index in [0.29, 0.717) is 6.29 Å². The molecule has 0 aromatic heterocycles. The van der Waals surface area contributed by atoms with Crippen LogP contribution in [0.3, 0.4) is 0 Å². The molecule has 0 atom stereocenters. The topological polar surface area (TPSA) is 53.3 Å². The maximum Gasteiger partial charge on any atom is 0.150 e. The molecule has 0 aliphatic heterocycles. The molecule has 1 aromatic rings. The molecule has 102 valence electrons. The Kier molecular flexibility index (Phi) is 5.90. The number of nitriles is 1. The van der Waals surface area contributed by atoms with Crippen molar-refractivity contribution in [1.82, 2.24) is 0 Å². The summed E-state index contributed by atoms with van der Waals surface area (Å²) < 4.78 is 32.5. The summed E-state index contributed by atoms with van der Waals surface area (Å²) in [7, 11) is 1.48. The molecule has 0 aliphatic rings. The largest absolute Gasteiger partial charge is 0.383 e. The minimum absolute atomic E-state index is 0.0641. The van der Waals surface area contributed by atoms with Gasteiger partial charge in [0.05, 0.1) is 19.1 Å². The molecule has 0 spiro atoms. The van der Waals surface area contributed by atoms with Crippen molar-refractivity contribution in [1.29, 1.82) is 5.26 Å². The van der Waals surface area contributed by atoms with Crippen LogP contribution in [0, 0.1) is 23.0 Å². The highest BCUT2D eigenvalue weighted by molar-refractivity contribution is 5.76. The van der Waals surface area contributed by atoms with Crippen LogP contribution in [0.4, 0.5) is 14.5 Å². The van der Waals surface area contributed by atoms with Crippen molar-refractivity contribution in [3.8, 4) is 6.07 Å². The Morgan fingerprint density at radius 3 is 2.47 bits per heavy atom.